The first-order valence-corrected chi connectivity index (χ1v) is 9.27. The van der Waals surface area contributed by atoms with Crippen molar-refractivity contribution in [1.29, 1.82) is 0 Å². The molecule has 0 aliphatic carbocycles. The molecule has 1 N–H and O–H groups in total. The lowest BCUT2D eigenvalue weighted by atomic mass is 10.1. The zero-order chi connectivity index (χ0) is 19.5. The Kier molecular flexibility index (Phi) is 8.05. The average Bonchev–Trinajstić information content (AvgIpc) is 2.68. The Hall–Kier alpha value is -2.62. The van der Waals surface area contributed by atoms with Crippen molar-refractivity contribution < 1.29 is 14.3 Å². The Labute approximate surface area is 163 Å². The van der Waals surface area contributed by atoms with Gasteiger partial charge >= 0.3 is 0 Å². The van der Waals surface area contributed by atoms with Crippen molar-refractivity contribution in [3.63, 3.8) is 0 Å². The Morgan fingerprint density at radius 1 is 0.852 bits per heavy atom. The molecule has 0 aromatic heterocycles. The molecule has 0 aliphatic heterocycles. The summed E-state index contributed by atoms with van der Waals surface area (Å²) in [6, 6.07) is 18.0. The maximum absolute atomic E-state index is 10.6. The Morgan fingerprint density at radius 2 is 1.41 bits per heavy atom. The highest BCUT2D eigenvalue weighted by Gasteiger charge is 2.27. The van der Waals surface area contributed by atoms with Crippen LogP contribution in [0, 0.1) is 0 Å². The lowest BCUT2D eigenvalue weighted by Gasteiger charge is -2.37. The van der Waals surface area contributed by atoms with Crippen molar-refractivity contribution in [2.75, 3.05) is 32.8 Å². The van der Waals surface area contributed by atoms with E-state index >= 15 is 0 Å². The first kappa shape index (κ1) is 20.7. The van der Waals surface area contributed by atoms with Gasteiger partial charge in [0.1, 0.15) is 25.0 Å². The van der Waals surface area contributed by atoms with E-state index in [-0.39, 0.29) is 6.61 Å². The molecule has 0 saturated carbocycles. The van der Waals surface area contributed by atoms with E-state index in [1.807, 2.05) is 60.7 Å². The minimum atomic E-state index is -0.603. The lowest BCUT2D eigenvalue weighted by molar-refractivity contribution is -0.914. The van der Waals surface area contributed by atoms with E-state index in [1.165, 1.54) is 0 Å². The number of hydrogen-bond acceptors (Lipinski definition) is 2. The fourth-order valence-corrected chi connectivity index (χ4v) is 3.40. The van der Waals surface area contributed by atoms with Gasteiger partial charge in [-0.1, -0.05) is 68.3 Å². The molecule has 27 heavy (non-hydrogen) atoms. The average molecular weight is 365 g/mol. The number of para-hydroxylation sites is 1. The Morgan fingerprint density at radius 3 is 2.00 bits per heavy atom. The lowest BCUT2D eigenvalue weighted by Crippen LogP contribution is -2.53. The number of aliphatic hydroxyl groups excluding tert-OH is 1. The van der Waals surface area contributed by atoms with Gasteiger partial charge in [0.15, 0.2) is 0 Å². The molecule has 0 heterocycles. The number of quaternary nitrogens is 1. The molecule has 1 atom stereocenters. The maximum atomic E-state index is 10.6. The number of aliphatic hydroxyl groups is 1. The second kappa shape index (κ2) is 10.5. The molecule has 0 amide bonds. The smallest absolute Gasteiger partial charge is 0.137 e. The molecule has 142 valence electrons. The van der Waals surface area contributed by atoms with Crippen molar-refractivity contribution in [3.8, 4) is 16.9 Å². The van der Waals surface area contributed by atoms with Crippen LogP contribution in [0.25, 0.3) is 11.1 Å². The molecule has 0 bridgehead atoms. The summed E-state index contributed by atoms with van der Waals surface area (Å²) in [5, 5.41) is 10.6. The Bertz CT molecular complexity index is 713. The summed E-state index contributed by atoms with van der Waals surface area (Å²) >= 11 is 0. The van der Waals surface area contributed by atoms with Gasteiger partial charge in [-0.05, 0) is 29.9 Å². The van der Waals surface area contributed by atoms with Crippen molar-refractivity contribution in [3.05, 3.63) is 92.6 Å². The highest BCUT2D eigenvalue weighted by molar-refractivity contribution is 5.70. The molecule has 3 nitrogen and oxygen atoms in total. The number of nitrogens with zero attached hydrogens (tertiary/aromatic N) is 1. The summed E-state index contributed by atoms with van der Waals surface area (Å²) in [6.07, 6.45) is 5.04. The van der Waals surface area contributed by atoms with E-state index in [2.05, 4.69) is 31.9 Å². The van der Waals surface area contributed by atoms with Crippen LogP contribution >= 0.6 is 0 Å². The fraction of sp³-hybridized carbons (Fsp3) is 0.250. The highest BCUT2D eigenvalue weighted by atomic mass is 16.5. The summed E-state index contributed by atoms with van der Waals surface area (Å²) in [4.78, 5) is 0. The van der Waals surface area contributed by atoms with Crippen LogP contribution in [0.4, 0.5) is 0 Å². The predicted molar refractivity (Wildman–Crippen MR) is 114 cm³/mol. The van der Waals surface area contributed by atoms with Gasteiger partial charge in [-0.2, -0.15) is 0 Å². The SMILES string of the molecule is C=CC[N+](CC=C)(CC=C)CC(O)COc1ccccc1-c1ccccc1. The molecule has 2 aromatic rings. The van der Waals surface area contributed by atoms with Gasteiger partial charge in [0, 0.05) is 5.56 Å². The molecule has 0 radical (unpaired) electrons. The third kappa shape index (κ3) is 5.95. The van der Waals surface area contributed by atoms with E-state index in [4.69, 9.17) is 4.74 Å². The molecule has 1 unspecified atom stereocenters. The molecule has 0 fully saturated rings. The third-order valence-electron chi connectivity index (χ3n) is 4.55. The van der Waals surface area contributed by atoms with Crippen LogP contribution in [-0.4, -0.2) is 48.5 Å². The third-order valence-corrected chi connectivity index (χ3v) is 4.55. The van der Waals surface area contributed by atoms with Gasteiger partial charge in [-0.15, -0.1) is 0 Å². The van der Waals surface area contributed by atoms with Crippen LogP contribution in [0.3, 0.4) is 0 Å². The molecule has 0 saturated heterocycles. The van der Waals surface area contributed by atoms with E-state index in [9.17, 15) is 5.11 Å². The van der Waals surface area contributed by atoms with Gasteiger partial charge in [0.2, 0.25) is 0 Å². The van der Waals surface area contributed by atoms with Crippen LogP contribution in [-0.2, 0) is 0 Å². The van der Waals surface area contributed by atoms with Crippen molar-refractivity contribution in [2.24, 2.45) is 0 Å². The first-order valence-electron chi connectivity index (χ1n) is 9.27. The number of benzene rings is 2. The van der Waals surface area contributed by atoms with E-state index in [1.54, 1.807) is 0 Å². The maximum Gasteiger partial charge on any atom is 0.137 e. The van der Waals surface area contributed by atoms with Crippen LogP contribution < -0.4 is 4.74 Å². The molecule has 3 heteroatoms. The zero-order valence-corrected chi connectivity index (χ0v) is 16.0. The molecule has 2 rings (SSSR count). The highest BCUT2D eigenvalue weighted by Crippen LogP contribution is 2.29. The van der Waals surface area contributed by atoms with Crippen LogP contribution in [0.2, 0.25) is 0 Å². The van der Waals surface area contributed by atoms with Gasteiger partial charge in [-0.25, -0.2) is 0 Å². The number of ether oxygens (including phenoxy) is 1. The molecular weight excluding hydrogens is 334 g/mol. The van der Waals surface area contributed by atoms with Crippen LogP contribution in [0.5, 0.6) is 5.75 Å². The quantitative estimate of drug-likeness (QED) is 0.445. The number of rotatable bonds is 12. The van der Waals surface area contributed by atoms with Crippen molar-refractivity contribution >= 4 is 0 Å². The minimum Gasteiger partial charge on any atom is -0.490 e. The van der Waals surface area contributed by atoms with Gasteiger partial charge in [-0.3, -0.25) is 0 Å². The van der Waals surface area contributed by atoms with E-state index in [0.717, 1.165) is 36.5 Å². The van der Waals surface area contributed by atoms with Crippen LogP contribution in [0.15, 0.2) is 92.6 Å². The summed E-state index contributed by atoms with van der Waals surface area (Å²) in [7, 11) is 0. The van der Waals surface area contributed by atoms with Crippen molar-refractivity contribution in [1.82, 2.24) is 0 Å². The van der Waals surface area contributed by atoms with Gasteiger partial charge in [0.05, 0.1) is 19.6 Å². The standard InChI is InChI=1S/C24H30NO2/c1-4-16-25(17-5-2,18-6-3)19-22(26)20-27-24-15-11-10-14-23(24)21-12-8-7-9-13-21/h4-15,22,26H,1-3,16-20H2/q+1. The monoisotopic (exact) mass is 364 g/mol. The second-order valence-electron chi connectivity index (χ2n) is 6.76. The number of hydrogen-bond donors (Lipinski definition) is 1. The summed E-state index contributed by atoms with van der Waals surface area (Å²) in [5.41, 5.74) is 2.12. The molecule has 0 aliphatic rings. The van der Waals surface area contributed by atoms with Gasteiger partial charge < -0.3 is 14.3 Å². The fourth-order valence-electron chi connectivity index (χ4n) is 3.40. The van der Waals surface area contributed by atoms with Crippen LogP contribution in [0.1, 0.15) is 0 Å². The second-order valence-corrected chi connectivity index (χ2v) is 6.76. The predicted octanol–water partition coefficient (Wildman–Crippen LogP) is 4.47. The van der Waals surface area contributed by atoms with Crippen molar-refractivity contribution in [2.45, 2.75) is 6.10 Å². The largest absolute Gasteiger partial charge is 0.490 e. The first-order chi connectivity index (χ1) is 13.1. The summed E-state index contributed by atoms with van der Waals surface area (Å²) in [6.45, 7) is 14.6. The molecular formula is C24H30NO2+. The topological polar surface area (TPSA) is 29.5 Å². The summed E-state index contributed by atoms with van der Waals surface area (Å²) in [5.74, 6) is 0.775. The summed E-state index contributed by atoms with van der Waals surface area (Å²) < 4.78 is 6.64. The van der Waals surface area contributed by atoms with E-state index < -0.39 is 6.10 Å². The Balaban J connectivity index is 2.09. The van der Waals surface area contributed by atoms with E-state index in [0.29, 0.717) is 11.0 Å². The normalized spacial score (nSPS) is 12.2. The zero-order valence-electron chi connectivity index (χ0n) is 16.0. The minimum absolute atomic E-state index is 0.231. The molecule has 0 spiro atoms. The molecule has 2 aromatic carbocycles. The van der Waals surface area contributed by atoms with Gasteiger partial charge in [0.25, 0.3) is 0 Å².